The van der Waals surface area contributed by atoms with E-state index in [2.05, 4.69) is 10.6 Å². The number of hydrogen-bond donors (Lipinski definition) is 2. The Morgan fingerprint density at radius 1 is 0.838 bits per heavy atom. The summed E-state index contributed by atoms with van der Waals surface area (Å²) in [5.74, 6) is -1.42. The van der Waals surface area contributed by atoms with E-state index in [1.165, 1.54) is 6.07 Å². The average Bonchev–Trinajstić information content (AvgIpc) is 3.32. The third-order valence-corrected chi connectivity index (χ3v) is 5.47. The third-order valence-electron chi connectivity index (χ3n) is 5.47. The standard InChI is InChI=1S/C25H22F7N3O2/c1-14(2)33-21(36)17-7-6-8-19(35-11-4-5-12-35)20(17)22(37)34-18-10-9-16(13-15(18)3)23(26,24(27,28)29)25(30,31)32/h4-14H,1-3H3,(H,33,36)(H,34,37). The average molecular weight is 529 g/mol. The van der Waals surface area contributed by atoms with Crippen LogP contribution in [0.1, 0.15) is 45.7 Å². The summed E-state index contributed by atoms with van der Waals surface area (Å²) in [6, 6.07) is 9.04. The molecule has 5 nitrogen and oxygen atoms in total. The van der Waals surface area contributed by atoms with Crippen LogP contribution in [0.5, 0.6) is 0 Å². The number of halogens is 7. The lowest BCUT2D eigenvalue weighted by molar-refractivity contribution is -0.348. The number of nitrogens with zero attached hydrogens (tertiary/aromatic N) is 1. The van der Waals surface area contributed by atoms with Crippen LogP contribution in [0.4, 0.5) is 36.4 Å². The number of amides is 2. The Balaban J connectivity index is 2.06. The van der Waals surface area contributed by atoms with Gasteiger partial charge in [0.15, 0.2) is 0 Å². The van der Waals surface area contributed by atoms with Gasteiger partial charge < -0.3 is 15.2 Å². The molecule has 1 heterocycles. The molecule has 37 heavy (non-hydrogen) atoms. The van der Waals surface area contributed by atoms with Crippen LogP contribution in [0.25, 0.3) is 5.69 Å². The fourth-order valence-corrected chi connectivity index (χ4v) is 3.71. The molecule has 0 spiro atoms. The number of rotatable bonds is 6. The Kier molecular flexibility index (Phi) is 7.43. The van der Waals surface area contributed by atoms with E-state index in [-0.39, 0.29) is 28.4 Å². The van der Waals surface area contributed by atoms with Gasteiger partial charge >= 0.3 is 18.0 Å². The van der Waals surface area contributed by atoms with Crippen molar-refractivity contribution in [2.24, 2.45) is 0 Å². The summed E-state index contributed by atoms with van der Waals surface area (Å²) in [4.78, 5) is 26.2. The van der Waals surface area contributed by atoms with E-state index in [0.717, 1.165) is 13.0 Å². The second kappa shape index (κ2) is 9.91. The molecule has 0 aliphatic heterocycles. The minimum atomic E-state index is -6.27. The molecule has 0 unspecified atom stereocenters. The molecule has 3 rings (SSSR count). The number of benzene rings is 2. The largest absolute Gasteiger partial charge is 0.435 e. The highest BCUT2D eigenvalue weighted by atomic mass is 19.4. The monoisotopic (exact) mass is 529 g/mol. The van der Waals surface area contributed by atoms with Crippen LogP contribution >= 0.6 is 0 Å². The molecule has 2 aromatic carbocycles. The molecule has 198 valence electrons. The fourth-order valence-electron chi connectivity index (χ4n) is 3.71. The van der Waals surface area contributed by atoms with Crippen LogP contribution in [-0.2, 0) is 5.67 Å². The molecule has 1 aromatic heterocycles. The summed E-state index contributed by atoms with van der Waals surface area (Å²) >= 11 is 0. The van der Waals surface area contributed by atoms with E-state index < -0.39 is 35.4 Å². The highest BCUT2D eigenvalue weighted by molar-refractivity contribution is 6.14. The van der Waals surface area contributed by atoms with Crippen LogP contribution in [0, 0.1) is 6.92 Å². The van der Waals surface area contributed by atoms with Gasteiger partial charge in [-0.15, -0.1) is 0 Å². The summed E-state index contributed by atoms with van der Waals surface area (Å²) in [6.45, 7) is 4.55. The highest BCUT2D eigenvalue weighted by Crippen LogP contribution is 2.53. The molecule has 3 aromatic rings. The van der Waals surface area contributed by atoms with Gasteiger partial charge in [-0.3, -0.25) is 9.59 Å². The lowest BCUT2D eigenvalue weighted by Gasteiger charge is -2.30. The van der Waals surface area contributed by atoms with E-state index >= 15 is 0 Å². The molecule has 0 radical (unpaired) electrons. The second-order valence-corrected chi connectivity index (χ2v) is 8.56. The summed E-state index contributed by atoms with van der Waals surface area (Å²) in [7, 11) is 0. The first kappa shape index (κ1) is 27.8. The number of carbonyl (C=O) groups is 2. The fraction of sp³-hybridized carbons (Fsp3) is 0.280. The molecule has 0 bridgehead atoms. The lowest BCUT2D eigenvalue weighted by atomic mass is 9.92. The van der Waals surface area contributed by atoms with Crippen LogP contribution in [0.3, 0.4) is 0 Å². The van der Waals surface area contributed by atoms with Crippen molar-refractivity contribution in [3.8, 4) is 5.69 Å². The normalized spacial score (nSPS) is 12.5. The van der Waals surface area contributed by atoms with Gasteiger partial charge in [-0.05, 0) is 56.7 Å². The van der Waals surface area contributed by atoms with E-state index in [4.69, 9.17) is 0 Å². The Labute approximate surface area is 207 Å². The SMILES string of the molecule is Cc1cc(C(F)(C(F)(F)F)C(F)(F)F)ccc1NC(=O)c1c(C(=O)NC(C)C)cccc1-n1cccc1. The zero-order valence-electron chi connectivity index (χ0n) is 19.8. The van der Waals surface area contributed by atoms with Gasteiger partial charge in [0.25, 0.3) is 11.8 Å². The van der Waals surface area contributed by atoms with Crippen molar-refractivity contribution in [2.75, 3.05) is 5.32 Å². The summed E-state index contributed by atoms with van der Waals surface area (Å²) < 4.78 is 94.8. The van der Waals surface area contributed by atoms with Crippen LogP contribution in [0.15, 0.2) is 60.9 Å². The number of anilines is 1. The molecule has 0 aliphatic rings. The molecule has 0 aliphatic carbocycles. The molecule has 0 saturated carbocycles. The van der Waals surface area contributed by atoms with E-state index in [1.54, 1.807) is 55.1 Å². The Morgan fingerprint density at radius 2 is 1.43 bits per heavy atom. The third kappa shape index (κ3) is 5.32. The smallest absolute Gasteiger partial charge is 0.350 e. The predicted octanol–water partition coefficient (Wildman–Crippen LogP) is 6.47. The van der Waals surface area contributed by atoms with E-state index in [9.17, 15) is 40.3 Å². The van der Waals surface area contributed by atoms with Gasteiger partial charge in [-0.25, -0.2) is 4.39 Å². The van der Waals surface area contributed by atoms with Gasteiger partial charge in [0.1, 0.15) is 0 Å². The molecule has 0 fully saturated rings. The van der Waals surface area contributed by atoms with Gasteiger partial charge in [0.2, 0.25) is 0 Å². The molecular formula is C25H22F7N3O2. The van der Waals surface area contributed by atoms with Crippen molar-refractivity contribution in [3.05, 3.63) is 83.2 Å². The Hall–Kier alpha value is -3.83. The van der Waals surface area contributed by atoms with Gasteiger partial charge in [0.05, 0.1) is 16.8 Å². The summed E-state index contributed by atoms with van der Waals surface area (Å²) in [5, 5.41) is 5.09. The maximum absolute atomic E-state index is 14.4. The van der Waals surface area contributed by atoms with Crippen molar-refractivity contribution in [1.29, 1.82) is 0 Å². The first-order chi connectivity index (χ1) is 17.1. The van der Waals surface area contributed by atoms with Crippen molar-refractivity contribution >= 4 is 17.5 Å². The summed E-state index contributed by atoms with van der Waals surface area (Å²) in [6.07, 6.45) is -9.30. The molecule has 2 N–H and O–H groups in total. The number of alkyl halides is 7. The number of aromatic nitrogens is 1. The maximum atomic E-state index is 14.4. The van der Waals surface area contributed by atoms with Gasteiger partial charge in [0, 0.05) is 29.7 Å². The number of hydrogen-bond acceptors (Lipinski definition) is 2. The Bertz CT molecular complexity index is 1280. The number of carbonyl (C=O) groups excluding carboxylic acids is 2. The van der Waals surface area contributed by atoms with Crippen LogP contribution in [-0.4, -0.2) is 34.8 Å². The van der Waals surface area contributed by atoms with Crippen molar-refractivity contribution in [2.45, 2.75) is 44.8 Å². The summed E-state index contributed by atoms with van der Waals surface area (Å²) in [5.41, 5.74) is -7.51. The zero-order chi connectivity index (χ0) is 27.8. The Morgan fingerprint density at radius 3 is 1.95 bits per heavy atom. The first-order valence-electron chi connectivity index (χ1n) is 10.9. The highest BCUT2D eigenvalue weighted by Gasteiger charge is 2.73. The van der Waals surface area contributed by atoms with Crippen molar-refractivity contribution in [1.82, 2.24) is 9.88 Å². The zero-order valence-corrected chi connectivity index (χ0v) is 19.8. The molecule has 0 atom stereocenters. The van der Waals surface area contributed by atoms with Crippen LogP contribution in [0.2, 0.25) is 0 Å². The lowest BCUT2D eigenvalue weighted by Crippen LogP contribution is -2.50. The number of nitrogens with one attached hydrogen (secondary N) is 2. The topological polar surface area (TPSA) is 63.1 Å². The minimum Gasteiger partial charge on any atom is -0.350 e. The number of aryl methyl sites for hydroxylation is 1. The van der Waals surface area contributed by atoms with E-state index in [0.29, 0.717) is 17.8 Å². The van der Waals surface area contributed by atoms with Gasteiger partial charge in [-0.1, -0.05) is 18.2 Å². The van der Waals surface area contributed by atoms with E-state index in [1.807, 2.05) is 0 Å². The predicted molar refractivity (Wildman–Crippen MR) is 122 cm³/mol. The molecule has 12 heteroatoms. The second-order valence-electron chi connectivity index (χ2n) is 8.56. The quantitative estimate of drug-likeness (QED) is 0.360. The molecular weight excluding hydrogens is 507 g/mol. The molecule has 2 amide bonds. The van der Waals surface area contributed by atoms with Crippen LogP contribution < -0.4 is 10.6 Å². The minimum absolute atomic E-state index is 0.0106. The van der Waals surface area contributed by atoms with Crippen molar-refractivity contribution in [3.63, 3.8) is 0 Å². The molecule has 0 saturated heterocycles. The maximum Gasteiger partial charge on any atom is 0.435 e. The first-order valence-corrected chi connectivity index (χ1v) is 10.9. The van der Waals surface area contributed by atoms with Gasteiger partial charge in [-0.2, -0.15) is 26.3 Å². The van der Waals surface area contributed by atoms with Crippen molar-refractivity contribution < 1.29 is 40.3 Å².